The van der Waals surface area contributed by atoms with Gasteiger partial charge in [0.2, 0.25) is 0 Å². The third-order valence-electron chi connectivity index (χ3n) is 7.33. The number of benzene rings is 1. The van der Waals surface area contributed by atoms with Crippen LogP contribution in [0.25, 0.3) is 6.08 Å². The van der Waals surface area contributed by atoms with Gasteiger partial charge in [-0.2, -0.15) is 5.10 Å². The summed E-state index contributed by atoms with van der Waals surface area (Å²) in [6, 6.07) is 6.36. The number of carboxylic acids is 1. The third-order valence-corrected chi connectivity index (χ3v) is 7.33. The van der Waals surface area contributed by atoms with E-state index in [-0.39, 0.29) is 11.7 Å². The lowest BCUT2D eigenvalue weighted by Crippen LogP contribution is -2.46. The number of rotatable bonds is 7. The predicted octanol–water partition coefficient (Wildman–Crippen LogP) is 3.92. The van der Waals surface area contributed by atoms with Crippen LogP contribution in [0, 0.1) is 0 Å². The van der Waals surface area contributed by atoms with Crippen molar-refractivity contribution in [3.8, 4) is 0 Å². The predicted molar refractivity (Wildman–Crippen MR) is 130 cm³/mol. The minimum atomic E-state index is -0.986. The van der Waals surface area contributed by atoms with E-state index in [4.69, 9.17) is 19.7 Å². The van der Waals surface area contributed by atoms with Gasteiger partial charge in [-0.3, -0.25) is 14.5 Å². The molecule has 2 saturated heterocycles. The highest BCUT2D eigenvalue weighted by Gasteiger charge is 2.47. The van der Waals surface area contributed by atoms with Crippen LogP contribution >= 0.6 is 0 Å². The average Bonchev–Trinajstić information content (AvgIpc) is 3.37. The number of ether oxygens (including phenoxy) is 2. The number of allylic oxidation sites excluding steroid dienone is 1. The number of methoxy groups -OCH3 is 1. The number of aryl methyl sites for hydroxylation is 1. The molecule has 2 fully saturated rings. The van der Waals surface area contributed by atoms with Crippen LogP contribution in [-0.4, -0.2) is 64.2 Å². The summed E-state index contributed by atoms with van der Waals surface area (Å²) in [5.41, 5.74) is 3.99. The maximum absolute atomic E-state index is 12.7. The second-order valence-corrected chi connectivity index (χ2v) is 9.61. The van der Waals surface area contributed by atoms with E-state index in [1.807, 2.05) is 0 Å². The standard InChI is InChI=1S/C26H32N4O5/c1-3-12-30-23-15-20(34-2)8-9-21(23)22(27-30)16-28-13-10-26(11-14-28)17-29(25(33)35-26)19-6-4-18(5-7-19)24(31)32/h4-7,15H,3,8-14,16-17H2,1-2H3,(H,31,32). The quantitative estimate of drug-likeness (QED) is 0.642. The van der Waals surface area contributed by atoms with Gasteiger partial charge in [-0.15, -0.1) is 0 Å². The number of nitrogens with zero attached hydrogens (tertiary/aromatic N) is 4. The molecule has 0 radical (unpaired) electrons. The zero-order valence-corrected chi connectivity index (χ0v) is 20.3. The molecule has 1 aromatic carbocycles. The molecule has 9 heteroatoms. The molecular formula is C26H32N4O5. The van der Waals surface area contributed by atoms with Crippen molar-refractivity contribution in [2.45, 2.75) is 57.7 Å². The van der Waals surface area contributed by atoms with Crippen LogP contribution < -0.4 is 4.90 Å². The molecule has 9 nitrogen and oxygen atoms in total. The second kappa shape index (κ2) is 9.37. The third kappa shape index (κ3) is 4.52. The van der Waals surface area contributed by atoms with Crippen molar-refractivity contribution >= 4 is 23.8 Å². The van der Waals surface area contributed by atoms with Crippen molar-refractivity contribution in [3.05, 3.63) is 52.5 Å². The van der Waals surface area contributed by atoms with E-state index in [0.717, 1.165) is 69.7 Å². The molecule has 0 saturated carbocycles. The van der Waals surface area contributed by atoms with Gasteiger partial charge in [0, 0.05) is 62.8 Å². The fraction of sp³-hybridized carbons (Fsp3) is 0.500. The lowest BCUT2D eigenvalue weighted by atomic mass is 9.91. The molecule has 0 atom stereocenters. The van der Waals surface area contributed by atoms with E-state index in [2.05, 4.69) is 22.6 Å². The molecule has 3 heterocycles. The van der Waals surface area contributed by atoms with Crippen LogP contribution in [0.3, 0.4) is 0 Å². The number of aromatic carboxylic acids is 1. The Kier molecular flexibility index (Phi) is 6.27. The first-order chi connectivity index (χ1) is 16.9. The van der Waals surface area contributed by atoms with Crippen LogP contribution in [0.1, 0.15) is 59.9 Å². The Labute approximate surface area is 204 Å². The zero-order chi connectivity index (χ0) is 24.6. The van der Waals surface area contributed by atoms with Gasteiger partial charge >= 0.3 is 12.1 Å². The Hall–Kier alpha value is -3.33. The number of aromatic nitrogens is 2. The monoisotopic (exact) mass is 480 g/mol. The highest BCUT2D eigenvalue weighted by Crippen LogP contribution is 2.36. The molecule has 1 aromatic heterocycles. The van der Waals surface area contributed by atoms with Crippen LogP contribution in [-0.2, 0) is 29.0 Å². The van der Waals surface area contributed by atoms with Crippen molar-refractivity contribution in [2.75, 3.05) is 31.6 Å². The van der Waals surface area contributed by atoms with Crippen LogP contribution in [0.5, 0.6) is 0 Å². The van der Waals surface area contributed by atoms with Crippen molar-refractivity contribution in [1.29, 1.82) is 0 Å². The average molecular weight is 481 g/mol. The summed E-state index contributed by atoms with van der Waals surface area (Å²) in [4.78, 5) is 27.8. The molecule has 0 unspecified atom stereocenters. The maximum atomic E-state index is 12.7. The first kappa shape index (κ1) is 23.4. The van der Waals surface area contributed by atoms with Crippen molar-refractivity contribution in [2.24, 2.45) is 0 Å². The summed E-state index contributed by atoms with van der Waals surface area (Å²) in [7, 11) is 1.73. The zero-order valence-electron chi connectivity index (χ0n) is 20.3. The number of amides is 1. The Morgan fingerprint density at radius 1 is 1.20 bits per heavy atom. The first-order valence-corrected chi connectivity index (χ1v) is 12.3. The lowest BCUT2D eigenvalue weighted by Gasteiger charge is -2.37. The molecule has 35 heavy (non-hydrogen) atoms. The van der Waals surface area contributed by atoms with E-state index >= 15 is 0 Å². The van der Waals surface area contributed by atoms with E-state index < -0.39 is 11.6 Å². The van der Waals surface area contributed by atoms with Crippen LogP contribution in [0.2, 0.25) is 0 Å². The number of carboxylic acid groups (broad SMARTS) is 1. The molecule has 2 aliphatic heterocycles. The summed E-state index contributed by atoms with van der Waals surface area (Å²) in [5.74, 6) is 0.0202. The summed E-state index contributed by atoms with van der Waals surface area (Å²) in [6.45, 7) is 5.98. The van der Waals surface area contributed by atoms with Gasteiger partial charge in [0.15, 0.2) is 0 Å². The minimum Gasteiger partial charge on any atom is -0.501 e. The number of fused-ring (bicyclic) bond motifs is 1. The maximum Gasteiger partial charge on any atom is 0.415 e. The van der Waals surface area contributed by atoms with Gasteiger partial charge in [0.1, 0.15) is 5.60 Å². The number of hydrogen-bond acceptors (Lipinski definition) is 6. The van der Waals surface area contributed by atoms with E-state index in [1.54, 1.807) is 24.1 Å². The molecule has 3 aliphatic rings. The first-order valence-electron chi connectivity index (χ1n) is 12.3. The van der Waals surface area contributed by atoms with Gasteiger partial charge < -0.3 is 14.6 Å². The van der Waals surface area contributed by atoms with Gasteiger partial charge in [-0.05, 0) is 37.1 Å². The molecule has 2 aromatic rings. The Morgan fingerprint density at radius 2 is 1.94 bits per heavy atom. The molecule has 1 amide bonds. The molecule has 1 N–H and O–H groups in total. The van der Waals surface area contributed by atoms with Gasteiger partial charge in [0.25, 0.3) is 0 Å². The van der Waals surface area contributed by atoms with Crippen LogP contribution in [0.4, 0.5) is 10.5 Å². The van der Waals surface area contributed by atoms with Gasteiger partial charge in [0.05, 0.1) is 36.4 Å². The smallest absolute Gasteiger partial charge is 0.415 e. The Morgan fingerprint density at radius 3 is 2.60 bits per heavy atom. The van der Waals surface area contributed by atoms with Crippen molar-refractivity contribution < 1.29 is 24.2 Å². The number of likely N-dealkylation sites (tertiary alicyclic amines) is 1. The van der Waals surface area contributed by atoms with E-state index in [9.17, 15) is 9.59 Å². The summed E-state index contributed by atoms with van der Waals surface area (Å²) < 4.78 is 13.5. The molecule has 1 aliphatic carbocycles. The number of anilines is 1. The molecule has 5 rings (SSSR count). The molecule has 186 valence electrons. The Bertz CT molecular complexity index is 1150. The highest BCUT2D eigenvalue weighted by molar-refractivity contribution is 5.92. The number of hydrogen-bond donors (Lipinski definition) is 1. The second-order valence-electron chi connectivity index (χ2n) is 9.61. The fourth-order valence-corrected chi connectivity index (χ4v) is 5.34. The van der Waals surface area contributed by atoms with Crippen LogP contribution in [0.15, 0.2) is 30.0 Å². The number of piperidine rings is 1. The SMILES string of the molecule is CCCn1nc(CN2CCC3(CC2)CN(c2ccc(C(=O)O)cc2)C(=O)O3)c2c1C=C(OC)CC2. The van der Waals surface area contributed by atoms with E-state index in [0.29, 0.717) is 12.2 Å². The number of carbonyl (C=O) groups excluding carboxylic acids is 1. The minimum absolute atomic E-state index is 0.196. The topological polar surface area (TPSA) is 97.1 Å². The number of carbonyl (C=O) groups is 2. The normalized spacial score (nSPS) is 19.4. The largest absolute Gasteiger partial charge is 0.501 e. The summed E-state index contributed by atoms with van der Waals surface area (Å²) in [6.07, 6.45) is 6.15. The lowest BCUT2D eigenvalue weighted by molar-refractivity contribution is -0.00133. The van der Waals surface area contributed by atoms with Gasteiger partial charge in [-0.1, -0.05) is 6.92 Å². The summed E-state index contributed by atoms with van der Waals surface area (Å²) in [5, 5.41) is 14.1. The molecule has 1 spiro atoms. The van der Waals surface area contributed by atoms with Crippen molar-refractivity contribution in [3.63, 3.8) is 0 Å². The molecule has 0 bridgehead atoms. The Balaban J connectivity index is 1.25. The van der Waals surface area contributed by atoms with Crippen molar-refractivity contribution in [1.82, 2.24) is 14.7 Å². The van der Waals surface area contributed by atoms with Gasteiger partial charge in [-0.25, -0.2) is 9.59 Å². The molecular weight excluding hydrogens is 448 g/mol. The summed E-state index contributed by atoms with van der Waals surface area (Å²) >= 11 is 0. The van der Waals surface area contributed by atoms with E-state index in [1.165, 1.54) is 23.4 Å². The highest BCUT2D eigenvalue weighted by atomic mass is 16.6. The fourth-order valence-electron chi connectivity index (χ4n) is 5.34.